The van der Waals surface area contributed by atoms with Gasteiger partial charge >= 0.3 is 0 Å². The smallest absolute Gasteiger partial charge is 0.238 e. The first-order valence-corrected chi connectivity index (χ1v) is 10.5. The van der Waals surface area contributed by atoms with E-state index in [0.717, 1.165) is 25.3 Å². The molecule has 29 heavy (non-hydrogen) atoms. The highest BCUT2D eigenvalue weighted by Gasteiger charge is 2.25. The topological polar surface area (TPSA) is 134 Å². The van der Waals surface area contributed by atoms with Crippen molar-refractivity contribution in [3.8, 4) is 0 Å². The van der Waals surface area contributed by atoms with Crippen LogP contribution in [-0.4, -0.2) is 72.2 Å². The number of hydrogen-bond acceptors (Lipinski definition) is 8. The van der Waals surface area contributed by atoms with E-state index in [1.807, 2.05) is 12.1 Å². The Morgan fingerprint density at radius 3 is 2.72 bits per heavy atom. The van der Waals surface area contributed by atoms with E-state index in [1.165, 1.54) is 12.2 Å². The standard InChI is InChI=1S/C18H24N8O2S/c1-4-5-16(29(19,27)28)15(18-21-23-24-22-18)10-13-6-7-17(20-11-13)26-9-8-14(12-26)25(2)3/h4-7,10-11,14H,1,8-9,12H2,2-3H3,(H2,19,27,28)(H,21,22,23,24)/b15-10-,16-5+. The van der Waals surface area contributed by atoms with E-state index in [0.29, 0.717) is 11.6 Å². The third kappa shape index (κ3) is 4.94. The number of rotatable bonds is 7. The minimum atomic E-state index is -4.04. The summed E-state index contributed by atoms with van der Waals surface area (Å²) in [7, 11) is 0.115. The van der Waals surface area contributed by atoms with Gasteiger partial charge in [-0.15, -0.1) is 10.2 Å². The number of primary sulfonamides is 1. The molecule has 10 nitrogen and oxygen atoms in total. The van der Waals surface area contributed by atoms with Crippen LogP contribution in [0.3, 0.4) is 0 Å². The summed E-state index contributed by atoms with van der Waals surface area (Å²) >= 11 is 0. The Morgan fingerprint density at radius 1 is 1.41 bits per heavy atom. The van der Waals surface area contributed by atoms with Gasteiger partial charge in [0.1, 0.15) is 5.82 Å². The molecule has 0 bridgehead atoms. The number of likely N-dealkylation sites (N-methyl/N-ethyl adjacent to an activating group) is 1. The van der Waals surface area contributed by atoms with Crippen molar-refractivity contribution in [1.82, 2.24) is 30.5 Å². The molecule has 3 heterocycles. The van der Waals surface area contributed by atoms with Crippen LogP contribution in [0.15, 0.2) is 42.0 Å². The third-order valence-corrected chi connectivity index (χ3v) is 5.70. The Bertz CT molecular complexity index is 1010. The number of nitrogens with two attached hydrogens (primary N) is 1. The number of aromatic amines is 1. The summed E-state index contributed by atoms with van der Waals surface area (Å²) in [4.78, 5) is 8.82. The van der Waals surface area contributed by atoms with Gasteiger partial charge in [0.15, 0.2) is 0 Å². The first kappa shape index (κ1) is 20.8. The van der Waals surface area contributed by atoms with E-state index in [1.54, 1.807) is 12.3 Å². The fourth-order valence-electron chi connectivity index (χ4n) is 3.17. The Morgan fingerprint density at radius 2 is 2.21 bits per heavy atom. The molecule has 1 aliphatic heterocycles. The van der Waals surface area contributed by atoms with Crippen LogP contribution in [0.5, 0.6) is 0 Å². The van der Waals surface area contributed by atoms with E-state index in [9.17, 15) is 8.42 Å². The van der Waals surface area contributed by atoms with Crippen LogP contribution in [0.4, 0.5) is 5.82 Å². The van der Waals surface area contributed by atoms with E-state index in [2.05, 4.69) is 56.1 Å². The average molecular weight is 417 g/mol. The molecule has 0 saturated carbocycles. The summed E-state index contributed by atoms with van der Waals surface area (Å²) in [5, 5.41) is 19.0. The maximum atomic E-state index is 12.1. The van der Waals surface area contributed by atoms with Gasteiger partial charge < -0.3 is 9.80 Å². The summed E-state index contributed by atoms with van der Waals surface area (Å²) in [5.74, 6) is 0.977. The van der Waals surface area contributed by atoms with E-state index in [-0.39, 0.29) is 16.3 Å². The maximum Gasteiger partial charge on any atom is 0.238 e. The molecule has 0 radical (unpaired) electrons. The second-order valence-electron chi connectivity index (χ2n) is 6.91. The Kier molecular flexibility index (Phi) is 6.20. The molecule has 2 aromatic heterocycles. The molecular weight excluding hydrogens is 392 g/mol. The quantitative estimate of drug-likeness (QED) is 0.628. The fourth-order valence-corrected chi connectivity index (χ4v) is 3.92. The largest absolute Gasteiger partial charge is 0.355 e. The predicted octanol–water partition coefficient (Wildman–Crippen LogP) is 0.634. The zero-order valence-electron chi connectivity index (χ0n) is 16.4. The molecule has 1 unspecified atom stereocenters. The highest BCUT2D eigenvalue weighted by Crippen LogP contribution is 2.27. The SMILES string of the molecule is C=C/C=C(\C(=C\c1ccc(N2CCC(N(C)C)C2)nc1)c1nn[nH]n1)S(N)(=O)=O. The highest BCUT2D eigenvalue weighted by molar-refractivity contribution is 7.93. The number of allylic oxidation sites excluding steroid dienone is 3. The van der Waals surface area contributed by atoms with Crippen molar-refractivity contribution in [1.29, 1.82) is 0 Å². The third-order valence-electron chi connectivity index (χ3n) is 4.73. The van der Waals surface area contributed by atoms with Crippen molar-refractivity contribution in [2.75, 3.05) is 32.1 Å². The molecular formula is C18H24N8O2S. The molecule has 3 rings (SSSR count). The molecule has 0 amide bonds. The fraction of sp³-hybridized carbons (Fsp3) is 0.333. The van der Waals surface area contributed by atoms with Gasteiger partial charge in [0.05, 0.1) is 4.91 Å². The lowest BCUT2D eigenvalue weighted by Crippen LogP contribution is -2.31. The Hall–Kier alpha value is -2.89. The minimum Gasteiger partial charge on any atom is -0.355 e. The number of nitrogens with one attached hydrogen (secondary N) is 1. The van der Waals surface area contributed by atoms with Crippen LogP contribution in [-0.2, 0) is 10.0 Å². The predicted molar refractivity (Wildman–Crippen MR) is 112 cm³/mol. The lowest BCUT2D eigenvalue weighted by molar-refractivity contribution is 0.315. The number of pyridine rings is 1. The van der Waals surface area contributed by atoms with Gasteiger partial charge in [0, 0.05) is 30.9 Å². The summed E-state index contributed by atoms with van der Waals surface area (Å²) < 4.78 is 24.1. The van der Waals surface area contributed by atoms with E-state index < -0.39 is 10.0 Å². The van der Waals surface area contributed by atoms with Crippen molar-refractivity contribution < 1.29 is 8.42 Å². The average Bonchev–Trinajstić information content (AvgIpc) is 3.36. The molecule has 0 spiro atoms. The Labute approximate surface area is 169 Å². The van der Waals surface area contributed by atoms with Gasteiger partial charge in [-0.05, 0) is 55.6 Å². The molecule has 11 heteroatoms. The van der Waals surface area contributed by atoms with Crippen LogP contribution in [0.1, 0.15) is 17.8 Å². The minimum absolute atomic E-state index is 0.101. The van der Waals surface area contributed by atoms with Crippen molar-refractivity contribution in [3.05, 3.63) is 53.4 Å². The monoisotopic (exact) mass is 416 g/mol. The normalized spacial score (nSPS) is 18.5. The van der Waals surface area contributed by atoms with E-state index >= 15 is 0 Å². The molecule has 0 aromatic carbocycles. The Balaban J connectivity index is 1.93. The lowest BCUT2D eigenvalue weighted by Gasteiger charge is -2.21. The second-order valence-corrected chi connectivity index (χ2v) is 8.44. The highest BCUT2D eigenvalue weighted by atomic mass is 32.2. The van der Waals surface area contributed by atoms with Gasteiger partial charge in [-0.3, -0.25) is 0 Å². The molecule has 2 aromatic rings. The molecule has 1 fully saturated rings. The van der Waals surface area contributed by atoms with Crippen molar-refractivity contribution in [3.63, 3.8) is 0 Å². The number of tetrazole rings is 1. The number of H-pyrrole nitrogens is 1. The second kappa shape index (κ2) is 8.64. The van der Waals surface area contributed by atoms with Crippen molar-refractivity contribution in [2.45, 2.75) is 12.5 Å². The first-order chi connectivity index (χ1) is 13.8. The zero-order valence-corrected chi connectivity index (χ0v) is 17.2. The van der Waals surface area contributed by atoms with Crippen LogP contribution >= 0.6 is 0 Å². The summed E-state index contributed by atoms with van der Waals surface area (Å²) in [5.41, 5.74) is 0.875. The van der Waals surface area contributed by atoms with Gasteiger partial charge in [-0.2, -0.15) is 5.21 Å². The molecule has 3 N–H and O–H groups in total. The number of hydrogen-bond donors (Lipinski definition) is 2. The van der Waals surface area contributed by atoms with Crippen molar-refractivity contribution in [2.24, 2.45) is 5.14 Å². The molecule has 0 aliphatic carbocycles. The van der Waals surface area contributed by atoms with Crippen molar-refractivity contribution >= 4 is 27.5 Å². The number of aromatic nitrogens is 5. The zero-order chi connectivity index (χ0) is 21.0. The van der Waals surface area contributed by atoms with Crippen LogP contribution in [0, 0.1) is 0 Å². The summed E-state index contributed by atoms with van der Waals surface area (Å²) in [6.07, 6.45) is 7.00. The van der Waals surface area contributed by atoms with E-state index in [4.69, 9.17) is 5.14 Å². The number of anilines is 1. The molecule has 1 saturated heterocycles. The molecule has 1 aliphatic rings. The molecule has 154 valence electrons. The molecule has 1 atom stereocenters. The van der Waals surface area contributed by atoms with Gasteiger partial charge in [0.2, 0.25) is 15.8 Å². The lowest BCUT2D eigenvalue weighted by atomic mass is 10.1. The summed E-state index contributed by atoms with van der Waals surface area (Å²) in [6, 6.07) is 4.27. The number of nitrogens with zero attached hydrogens (tertiary/aromatic N) is 6. The van der Waals surface area contributed by atoms with Gasteiger partial charge in [-0.1, -0.05) is 12.7 Å². The van der Waals surface area contributed by atoms with Crippen LogP contribution in [0.25, 0.3) is 11.6 Å². The maximum absolute atomic E-state index is 12.1. The van der Waals surface area contributed by atoms with Crippen LogP contribution < -0.4 is 10.0 Å². The van der Waals surface area contributed by atoms with Gasteiger partial charge in [-0.25, -0.2) is 18.5 Å². The van der Waals surface area contributed by atoms with Gasteiger partial charge in [0.25, 0.3) is 0 Å². The first-order valence-electron chi connectivity index (χ1n) is 8.98. The summed E-state index contributed by atoms with van der Waals surface area (Å²) in [6.45, 7) is 5.41. The number of sulfonamides is 1. The van der Waals surface area contributed by atoms with Crippen LogP contribution in [0.2, 0.25) is 0 Å².